The van der Waals surface area contributed by atoms with Gasteiger partial charge in [-0.25, -0.2) is 4.98 Å². The lowest BCUT2D eigenvalue weighted by Crippen LogP contribution is -2.59. The van der Waals surface area contributed by atoms with E-state index in [-0.39, 0.29) is 18.7 Å². The van der Waals surface area contributed by atoms with Gasteiger partial charge in [-0.1, -0.05) is 0 Å². The number of amides is 1. The van der Waals surface area contributed by atoms with E-state index in [0.717, 1.165) is 0 Å². The number of rotatable bonds is 3. The van der Waals surface area contributed by atoms with Crippen molar-refractivity contribution in [2.45, 2.75) is 30.8 Å². The summed E-state index contributed by atoms with van der Waals surface area (Å²) < 4.78 is 27.4. The maximum Gasteiger partial charge on any atom is 0.352 e. The number of carbonyl (C=O) groups is 1. The number of alkyl halides is 2. The number of aliphatic hydroxyl groups is 1. The molecule has 1 fully saturated rings. The summed E-state index contributed by atoms with van der Waals surface area (Å²) in [6, 6.07) is 2.60. The van der Waals surface area contributed by atoms with Crippen molar-refractivity contribution in [2.75, 3.05) is 5.32 Å². The van der Waals surface area contributed by atoms with Crippen LogP contribution in [0.3, 0.4) is 0 Å². The Morgan fingerprint density at radius 2 is 2.17 bits per heavy atom. The molecule has 0 unspecified atom stereocenters. The van der Waals surface area contributed by atoms with Gasteiger partial charge in [0, 0.05) is 6.20 Å². The summed E-state index contributed by atoms with van der Waals surface area (Å²) in [6.07, 6.45) is 1.45. The fraction of sp³-hybridized carbons (Fsp3) is 0.455. The first-order valence-electron chi connectivity index (χ1n) is 5.42. The summed E-state index contributed by atoms with van der Waals surface area (Å²) in [7, 11) is 0. The fourth-order valence-electron chi connectivity index (χ4n) is 1.72. The molecule has 3 N–H and O–H groups in total. The Bertz CT molecular complexity index is 475. The van der Waals surface area contributed by atoms with Crippen molar-refractivity contribution in [1.29, 1.82) is 0 Å². The van der Waals surface area contributed by atoms with Gasteiger partial charge in [0.1, 0.15) is 5.60 Å². The van der Waals surface area contributed by atoms with Crippen molar-refractivity contribution in [3.63, 3.8) is 0 Å². The Hall–Kier alpha value is -1.76. The molecule has 18 heavy (non-hydrogen) atoms. The van der Waals surface area contributed by atoms with E-state index < -0.39 is 23.2 Å². The van der Waals surface area contributed by atoms with E-state index in [2.05, 4.69) is 4.98 Å². The Kier molecular flexibility index (Phi) is 2.94. The number of aromatic nitrogens is 1. The zero-order valence-electron chi connectivity index (χ0n) is 9.36. The standard InChI is InChI=1S/C11H12F2N2O3/c12-11(13,10(18)4-2-5-10)9(17)15-8-7(16)3-1-6-14-8/h1,3,6,16,18H,2,4-5H2,(H,14,15,17). The molecule has 1 amide bonds. The maximum atomic E-state index is 13.7. The fourth-order valence-corrected chi connectivity index (χ4v) is 1.72. The Morgan fingerprint density at radius 3 is 2.67 bits per heavy atom. The number of anilines is 1. The summed E-state index contributed by atoms with van der Waals surface area (Å²) in [5, 5.41) is 20.7. The molecule has 0 aliphatic heterocycles. The molecule has 2 rings (SSSR count). The third kappa shape index (κ3) is 1.90. The number of hydrogen-bond acceptors (Lipinski definition) is 4. The molecule has 5 nitrogen and oxygen atoms in total. The maximum absolute atomic E-state index is 13.7. The van der Waals surface area contributed by atoms with Crippen LogP contribution in [-0.2, 0) is 4.79 Å². The number of aromatic hydroxyl groups is 1. The van der Waals surface area contributed by atoms with Gasteiger partial charge >= 0.3 is 5.92 Å². The van der Waals surface area contributed by atoms with E-state index in [1.165, 1.54) is 18.3 Å². The van der Waals surface area contributed by atoms with Gasteiger partial charge in [0.2, 0.25) is 0 Å². The van der Waals surface area contributed by atoms with Crippen molar-refractivity contribution in [3.05, 3.63) is 18.3 Å². The summed E-state index contributed by atoms with van der Waals surface area (Å²) in [4.78, 5) is 15.0. The van der Waals surface area contributed by atoms with E-state index in [4.69, 9.17) is 0 Å². The lowest BCUT2D eigenvalue weighted by molar-refractivity contribution is -0.212. The summed E-state index contributed by atoms with van der Waals surface area (Å²) in [5.74, 6) is -6.35. The molecule has 0 radical (unpaired) electrons. The molecular weight excluding hydrogens is 246 g/mol. The van der Waals surface area contributed by atoms with Crippen LogP contribution < -0.4 is 5.32 Å². The molecule has 1 aromatic heterocycles. The minimum Gasteiger partial charge on any atom is -0.504 e. The lowest BCUT2D eigenvalue weighted by atomic mass is 9.75. The second-order valence-corrected chi connectivity index (χ2v) is 4.28. The van der Waals surface area contributed by atoms with E-state index in [9.17, 15) is 23.8 Å². The van der Waals surface area contributed by atoms with Crippen LogP contribution in [0.2, 0.25) is 0 Å². The predicted octanol–water partition coefficient (Wildman–Crippen LogP) is 1.28. The lowest BCUT2D eigenvalue weighted by Gasteiger charge is -2.41. The Morgan fingerprint density at radius 1 is 1.50 bits per heavy atom. The molecule has 98 valence electrons. The smallest absolute Gasteiger partial charge is 0.352 e. The minimum absolute atomic E-state index is 0.123. The van der Waals surface area contributed by atoms with Crippen LogP contribution in [0.25, 0.3) is 0 Å². The second kappa shape index (κ2) is 4.16. The SMILES string of the molecule is O=C(Nc1ncccc1O)C(F)(F)C1(O)CCC1. The number of nitrogens with zero attached hydrogens (tertiary/aromatic N) is 1. The number of nitrogens with one attached hydrogen (secondary N) is 1. The largest absolute Gasteiger partial charge is 0.504 e. The normalized spacial score (nSPS) is 17.9. The van der Waals surface area contributed by atoms with Gasteiger partial charge in [0.05, 0.1) is 0 Å². The molecule has 1 saturated carbocycles. The van der Waals surface area contributed by atoms with Gasteiger partial charge in [0.15, 0.2) is 11.6 Å². The predicted molar refractivity (Wildman–Crippen MR) is 58.3 cm³/mol. The molecule has 1 aliphatic carbocycles. The van der Waals surface area contributed by atoms with E-state index in [0.29, 0.717) is 6.42 Å². The van der Waals surface area contributed by atoms with Crippen LogP contribution in [0.1, 0.15) is 19.3 Å². The van der Waals surface area contributed by atoms with Crippen LogP contribution in [-0.4, -0.2) is 32.6 Å². The van der Waals surface area contributed by atoms with Crippen LogP contribution in [0, 0.1) is 0 Å². The van der Waals surface area contributed by atoms with Gasteiger partial charge in [0.25, 0.3) is 5.91 Å². The van der Waals surface area contributed by atoms with Gasteiger partial charge in [-0.15, -0.1) is 0 Å². The van der Waals surface area contributed by atoms with Crippen molar-refractivity contribution < 1.29 is 23.8 Å². The third-order valence-electron chi connectivity index (χ3n) is 3.07. The zero-order valence-corrected chi connectivity index (χ0v) is 9.36. The average Bonchev–Trinajstić information content (AvgIpc) is 2.28. The van der Waals surface area contributed by atoms with Crippen LogP contribution in [0.4, 0.5) is 14.6 Å². The molecule has 1 aromatic rings. The minimum atomic E-state index is -3.91. The average molecular weight is 258 g/mol. The van der Waals surface area contributed by atoms with Gasteiger partial charge < -0.3 is 15.5 Å². The quantitative estimate of drug-likeness (QED) is 0.762. The highest BCUT2D eigenvalue weighted by molar-refractivity contribution is 5.97. The summed E-state index contributed by atoms with van der Waals surface area (Å²) in [6.45, 7) is 0. The third-order valence-corrected chi connectivity index (χ3v) is 3.07. The first kappa shape index (κ1) is 12.7. The number of hydrogen-bond donors (Lipinski definition) is 3. The van der Waals surface area contributed by atoms with Gasteiger partial charge in [-0.2, -0.15) is 8.78 Å². The topological polar surface area (TPSA) is 82.5 Å². The molecule has 0 saturated heterocycles. The van der Waals surface area contributed by atoms with Gasteiger partial charge in [-0.3, -0.25) is 4.79 Å². The molecule has 0 bridgehead atoms. The summed E-state index contributed by atoms with van der Waals surface area (Å²) in [5.41, 5.74) is -2.29. The molecule has 0 spiro atoms. The van der Waals surface area contributed by atoms with E-state index in [1.54, 1.807) is 0 Å². The van der Waals surface area contributed by atoms with Crippen molar-refractivity contribution in [2.24, 2.45) is 0 Å². The zero-order chi connectivity index (χ0) is 13.4. The molecular formula is C11H12F2N2O3. The molecule has 1 aliphatic rings. The van der Waals surface area contributed by atoms with Gasteiger partial charge in [-0.05, 0) is 31.4 Å². The number of halogens is 2. The highest BCUT2D eigenvalue weighted by Crippen LogP contribution is 2.44. The first-order chi connectivity index (χ1) is 8.37. The molecule has 0 atom stereocenters. The highest BCUT2D eigenvalue weighted by Gasteiger charge is 2.61. The molecule has 1 heterocycles. The van der Waals surface area contributed by atoms with E-state index >= 15 is 0 Å². The Labute approximate surface area is 101 Å². The molecule has 7 heteroatoms. The monoisotopic (exact) mass is 258 g/mol. The van der Waals surface area contributed by atoms with Crippen molar-refractivity contribution in [1.82, 2.24) is 4.98 Å². The highest BCUT2D eigenvalue weighted by atomic mass is 19.3. The molecule has 0 aromatic carbocycles. The second-order valence-electron chi connectivity index (χ2n) is 4.28. The van der Waals surface area contributed by atoms with Crippen LogP contribution >= 0.6 is 0 Å². The summed E-state index contributed by atoms with van der Waals surface area (Å²) >= 11 is 0. The Balaban J connectivity index is 2.15. The number of carbonyl (C=O) groups excluding carboxylic acids is 1. The first-order valence-corrected chi connectivity index (χ1v) is 5.42. The van der Waals surface area contributed by atoms with Crippen molar-refractivity contribution >= 4 is 11.7 Å². The van der Waals surface area contributed by atoms with E-state index in [1.807, 2.05) is 5.32 Å². The van der Waals surface area contributed by atoms with Crippen LogP contribution in [0.5, 0.6) is 5.75 Å². The number of pyridine rings is 1. The van der Waals surface area contributed by atoms with Crippen molar-refractivity contribution in [3.8, 4) is 5.75 Å². The van der Waals surface area contributed by atoms with Crippen LogP contribution in [0.15, 0.2) is 18.3 Å².